The van der Waals surface area contributed by atoms with Gasteiger partial charge >= 0.3 is 24.5 Å². The van der Waals surface area contributed by atoms with E-state index in [0.717, 1.165) is 39.3 Å². The first-order valence-electron chi connectivity index (χ1n) is 15.9. The average molecular weight is 693 g/mol. The highest BCUT2D eigenvalue weighted by Crippen LogP contribution is 2.30. The molecule has 0 saturated carbocycles. The minimum absolute atomic E-state index is 0.0365. The molecule has 4 aromatic rings. The zero-order valence-electron chi connectivity index (χ0n) is 27.8. The number of fused-ring (bicyclic) bond motifs is 1. The fraction of sp³-hybridized carbons (Fsp3) is 0.289. The fourth-order valence-corrected chi connectivity index (χ4v) is 5.28. The van der Waals surface area contributed by atoms with Crippen LogP contribution in [0.25, 0.3) is 11.1 Å². The number of rotatable bonds is 7. The van der Waals surface area contributed by atoms with Gasteiger partial charge in [0.1, 0.15) is 23.8 Å². The molecule has 8 nitrogen and oxygen atoms in total. The summed E-state index contributed by atoms with van der Waals surface area (Å²) in [6, 6.07) is 23.4. The van der Waals surface area contributed by atoms with Crippen molar-refractivity contribution in [1.29, 1.82) is 0 Å². The molecule has 0 saturated heterocycles. The van der Waals surface area contributed by atoms with Crippen LogP contribution in [0.4, 0.5) is 31.9 Å². The molecule has 0 N–H and O–H groups in total. The van der Waals surface area contributed by atoms with Gasteiger partial charge < -0.3 is 19.1 Å². The molecule has 0 unspecified atom stereocenters. The molecule has 0 fully saturated rings. The molecule has 3 amide bonds. The number of amides is 3. The van der Waals surface area contributed by atoms with Crippen molar-refractivity contribution >= 4 is 18.3 Å². The number of alkyl halides is 3. The predicted octanol–water partition coefficient (Wildman–Crippen LogP) is 9.19. The van der Waals surface area contributed by atoms with Crippen molar-refractivity contribution in [2.24, 2.45) is 0 Å². The summed E-state index contributed by atoms with van der Waals surface area (Å²) in [5.74, 6) is 0.102. The van der Waals surface area contributed by atoms with E-state index in [4.69, 9.17) is 14.2 Å². The van der Waals surface area contributed by atoms with Crippen molar-refractivity contribution in [3.05, 3.63) is 125 Å². The number of carbonyl (C=O) groups excluding carboxylic acids is 3. The van der Waals surface area contributed by atoms with Crippen LogP contribution in [0.2, 0.25) is 0 Å². The first-order chi connectivity index (χ1) is 23.6. The lowest BCUT2D eigenvalue weighted by Crippen LogP contribution is -2.45. The van der Waals surface area contributed by atoms with Crippen LogP contribution in [0.15, 0.2) is 91.0 Å². The second-order valence-electron chi connectivity index (χ2n) is 12.8. The molecule has 50 heavy (non-hydrogen) atoms. The monoisotopic (exact) mass is 692 g/mol. The molecule has 12 heteroatoms. The zero-order valence-corrected chi connectivity index (χ0v) is 27.8. The Hall–Kier alpha value is -5.39. The van der Waals surface area contributed by atoms with Gasteiger partial charge in [-0.1, -0.05) is 54.6 Å². The van der Waals surface area contributed by atoms with Crippen molar-refractivity contribution in [1.82, 2.24) is 9.80 Å². The van der Waals surface area contributed by atoms with Gasteiger partial charge in [-0.3, -0.25) is 0 Å². The van der Waals surface area contributed by atoms with E-state index in [-0.39, 0.29) is 38.5 Å². The van der Waals surface area contributed by atoms with Gasteiger partial charge in [-0.15, -0.1) is 0 Å². The largest absolute Gasteiger partial charge is 0.489 e. The highest BCUT2D eigenvalue weighted by atomic mass is 19.4. The van der Waals surface area contributed by atoms with Crippen molar-refractivity contribution in [2.75, 3.05) is 13.1 Å². The third-order valence-corrected chi connectivity index (χ3v) is 7.88. The smallest absolute Gasteiger partial charge is 0.428 e. The second-order valence-corrected chi connectivity index (χ2v) is 12.8. The van der Waals surface area contributed by atoms with Gasteiger partial charge in [0.2, 0.25) is 0 Å². The van der Waals surface area contributed by atoms with Crippen molar-refractivity contribution in [2.45, 2.75) is 58.5 Å². The molecule has 0 spiro atoms. The Morgan fingerprint density at radius 2 is 1.50 bits per heavy atom. The fourth-order valence-electron chi connectivity index (χ4n) is 5.28. The molecule has 1 aliphatic heterocycles. The number of imide groups is 1. The van der Waals surface area contributed by atoms with E-state index < -0.39 is 35.6 Å². The highest BCUT2D eigenvalue weighted by molar-refractivity contribution is 5.93. The minimum Gasteiger partial charge on any atom is -0.489 e. The van der Waals surface area contributed by atoms with Gasteiger partial charge in [0.05, 0.1) is 5.56 Å². The predicted molar refractivity (Wildman–Crippen MR) is 177 cm³/mol. The summed E-state index contributed by atoms with van der Waals surface area (Å²) in [4.78, 5) is 41.5. The molecular formula is C38H36F4N2O6. The van der Waals surface area contributed by atoms with Gasteiger partial charge in [0.25, 0.3) is 0 Å². The van der Waals surface area contributed by atoms with E-state index in [1.54, 1.807) is 57.2 Å². The Morgan fingerprint density at radius 1 is 0.800 bits per heavy atom. The number of hydrogen-bond donors (Lipinski definition) is 0. The van der Waals surface area contributed by atoms with Crippen LogP contribution in [0.5, 0.6) is 5.75 Å². The molecule has 1 aliphatic rings. The Labute approximate surface area is 287 Å². The Bertz CT molecular complexity index is 1840. The molecule has 0 aliphatic carbocycles. The van der Waals surface area contributed by atoms with Crippen LogP contribution in [0.3, 0.4) is 0 Å². The minimum atomic E-state index is -4.43. The van der Waals surface area contributed by atoms with E-state index in [0.29, 0.717) is 23.3 Å². The number of nitrogens with zero attached hydrogens (tertiary/aromatic N) is 2. The molecule has 5 rings (SSSR count). The summed E-state index contributed by atoms with van der Waals surface area (Å²) in [7, 11) is 0. The molecule has 4 aromatic carbocycles. The highest BCUT2D eigenvalue weighted by Gasteiger charge is 2.32. The lowest BCUT2D eigenvalue weighted by molar-refractivity contribution is -0.137. The van der Waals surface area contributed by atoms with Crippen LogP contribution in [0, 0.1) is 5.82 Å². The molecule has 0 bridgehead atoms. The van der Waals surface area contributed by atoms with Gasteiger partial charge in [-0.25, -0.2) is 23.7 Å². The van der Waals surface area contributed by atoms with E-state index in [1.165, 1.54) is 29.2 Å². The third kappa shape index (κ3) is 9.61. The van der Waals surface area contributed by atoms with Crippen LogP contribution in [-0.2, 0) is 41.6 Å². The third-order valence-electron chi connectivity index (χ3n) is 7.88. The van der Waals surface area contributed by atoms with Crippen LogP contribution in [-0.4, -0.2) is 46.8 Å². The van der Waals surface area contributed by atoms with Gasteiger partial charge in [0, 0.05) is 19.6 Å². The number of carbonyl (C=O) groups is 3. The first-order valence-corrected chi connectivity index (χ1v) is 15.9. The molecular weight excluding hydrogens is 656 g/mol. The topological polar surface area (TPSA) is 85.4 Å². The Balaban J connectivity index is 1.20. The van der Waals surface area contributed by atoms with Gasteiger partial charge in [-0.05, 0) is 103 Å². The van der Waals surface area contributed by atoms with Gasteiger partial charge in [0.15, 0.2) is 0 Å². The Kier molecular flexibility index (Phi) is 10.8. The van der Waals surface area contributed by atoms with E-state index >= 15 is 0 Å². The van der Waals surface area contributed by atoms with Gasteiger partial charge in [-0.2, -0.15) is 13.2 Å². The van der Waals surface area contributed by atoms with E-state index in [1.807, 2.05) is 18.2 Å². The number of hydrogen-bond acceptors (Lipinski definition) is 6. The summed E-state index contributed by atoms with van der Waals surface area (Å²) in [5.41, 5.74) is 2.87. The molecule has 0 aromatic heterocycles. The van der Waals surface area contributed by atoms with Crippen molar-refractivity contribution < 1.29 is 46.2 Å². The summed E-state index contributed by atoms with van der Waals surface area (Å²) in [6.07, 6.45) is -6.81. The maximum atomic E-state index is 13.7. The maximum Gasteiger partial charge on any atom is 0.428 e. The molecule has 0 atom stereocenters. The molecule has 1 heterocycles. The second kappa shape index (κ2) is 15.0. The zero-order chi connectivity index (χ0) is 36.1. The van der Waals surface area contributed by atoms with Crippen LogP contribution < -0.4 is 4.74 Å². The normalized spacial score (nSPS) is 12.9. The lowest BCUT2D eigenvalue weighted by Gasteiger charge is -2.29. The van der Waals surface area contributed by atoms with Crippen molar-refractivity contribution in [3.63, 3.8) is 0 Å². The van der Waals surface area contributed by atoms with Crippen LogP contribution >= 0.6 is 0 Å². The average Bonchev–Trinajstić information content (AvgIpc) is 3.06. The Morgan fingerprint density at radius 3 is 2.16 bits per heavy atom. The number of benzene rings is 4. The molecule has 262 valence electrons. The lowest BCUT2D eigenvalue weighted by atomic mass is 10.00. The quantitative estimate of drug-likeness (QED) is 0.142. The first kappa shape index (κ1) is 35.9. The van der Waals surface area contributed by atoms with E-state index in [9.17, 15) is 31.9 Å². The summed E-state index contributed by atoms with van der Waals surface area (Å²) in [5, 5.41) is 0. The number of ether oxygens (including phenoxy) is 3. The van der Waals surface area contributed by atoms with E-state index in [2.05, 4.69) is 0 Å². The summed E-state index contributed by atoms with van der Waals surface area (Å²) >= 11 is 0. The molecule has 0 radical (unpaired) electrons. The van der Waals surface area contributed by atoms with Crippen LogP contribution in [0.1, 0.15) is 48.6 Å². The van der Waals surface area contributed by atoms with Crippen molar-refractivity contribution in [3.8, 4) is 16.9 Å². The SMILES string of the molecule is CC(C)(C)OC(=O)N(CCc1ccc(-c2cccc(F)c2)cc1)C(=O)OC(=O)N1CCc2ccc(OCc3ccc(C(F)(F)F)cc3)cc2C1. The number of halogens is 4. The summed E-state index contributed by atoms with van der Waals surface area (Å²) < 4.78 is 68.7. The standard InChI is InChI=1S/C38H36F4N2O6/c1-37(2,3)50-36(47)44(20-17-25-7-11-27(12-8-25)29-5-4-6-32(39)21-29)35(46)49-34(45)43-19-18-28-13-16-33(22-30(28)23-43)48-24-26-9-14-31(15-10-26)38(40,41)42/h4-16,21-22H,17-20,23-24H2,1-3H3. The summed E-state index contributed by atoms with van der Waals surface area (Å²) in [6.45, 7) is 5.21. The maximum absolute atomic E-state index is 13.7.